The predicted octanol–water partition coefficient (Wildman–Crippen LogP) is 4.47. The lowest BCUT2D eigenvalue weighted by Crippen LogP contribution is -1.53. The van der Waals surface area contributed by atoms with E-state index in [2.05, 4.69) is 15.9 Å². The van der Waals surface area contributed by atoms with Crippen molar-refractivity contribution in [3.63, 3.8) is 0 Å². The van der Waals surface area contributed by atoms with Gasteiger partial charge in [-0.3, -0.25) is 0 Å². The van der Waals surface area contributed by atoms with Crippen LogP contribution in [0, 0.1) is 0 Å². The van der Waals surface area contributed by atoms with Crippen LogP contribution in [0.1, 0.15) is 0 Å². The number of hydrogen-bond donors (Lipinski definition) is 0. The minimum Gasteiger partial charge on any atom is -0.109 e. The Hall–Kier alpha value is 1.05. The van der Waals surface area contributed by atoms with Crippen LogP contribution in [0.15, 0.2) is 4.47 Å². The fourth-order valence-corrected chi connectivity index (χ4v) is 2.65. The molecular formula is C4BrCl3S. The fraction of sp³-hybridized carbons (Fsp3) is 0. The highest BCUT2D eigenvalue weighted by atomic mass is 79.9. The summed E-state index contributed by atoms with van der Waals surface area (Å²) in [6, 6.07) is 0. The summed E-state index contributed by atoms with van der Waals surface area (Å²) in [6.07, 6.45) is 0. The molecule has 0 aliphatic carbocycles. The maximum atomic E-state index is 5.65. The third kappa shape index (κ3) is 1.55. The van der Waals surface area contributed by atoms with Gasteiger partial charge in [-0.05, 0) is 15.9 Å². The van der Waals surface area contributed by atoms with Gasteiger partial charge < -0.3 is 0 Å². The first-order valence-electron chi connectivity index (χ1n) is 1.91. The first-order chi connectivity index (χ1) is 4.13. The van der Waals surface area contributed by atoms with Gasteiger partial charge in [0.2, 0.25) is 0 Å². The average Bonchev–Trinajstić information content (AvgIpc) is 1.98. The van der Waals surface area contributed by atoms with E-state index < -0.39 is 0 Å². The van der Waals surface area contributed by atoms with E-state index in [1.165, 1.54) is 11.3 Å². The van der Waals surface area contributed by atoms with Crippen LogP contribution in [0.5, 0.6) is 0 Å². The lowest BCUT2D eigenvalue weighted by Gasteiger charge is -1.81. The highest BCUT2D eigenvalue weighted by molar-refractivity contribution is 9.10. The van der Waals surface area contributed by atoms with Crippen molar-refractivity contribution < 1.29 is 0 Å². The van der Waals surface area contributed by atoms with E-state index in [0.29, 0.717) is 18.2 Å². The van der Waals surface area contributed by atoms with Gasteiger partial charge >= 0.3 is 0 Å². The molecule has 0 saturated heterocycles. The Labute approximate surface area is 79.8 Å². The SMILES string of the molecule is Clc1sc(Cl)c(Br)c1Cl. The summed E-state index contributed by atoms with van der Waals surface area (Å²) < 4.78 is 1.79. The van der Waals surface area contributed by atoms with Gasteiger partial charge in [-0.15, -0.1) is 11.3 Å². The number of rotatable bonds is 0. The summed E-state index contributed by atoms with van der Waals surface area (Å²) in [7, 11) is 0. The molecule has 0 bridgehead atoms. The van der Waals surface area contributed by atoms with Crippen molar-refractivity contribution in [3.8, 4) is 0 Å². The van der Waals surface area contributed by atoms with Crippen LogP contribution in [0.3, 0.4) is 0 Å². The summed E-state index contributed by atoms with van der Waals surface area (Å²) in [4.78, 5) is 0. The highest BCUT2D eigenvalue weighted by Gasteiger charge is 2.10. The van der Waals surface area contributed by atoms with E-state index in [1.807, 2.05) is 0 Å². The Morgan fingerprint density at radius 3 is 1.78 bits per heavy atom. The average molecular weight is 266 g/mol. The second-order valence-electron chi connectivity index (χ2n) is 1.28. The minimum atomic E-state index is 0.492. The van der Waals surface area contributed by atoms with Crippen molar-refractivity contribution in [1.82, 2.24) is 0 Å². The summed E-state index contributed by atoms with van der Waals surface area (Å²) in [5.41, 5.74) is 0. The zero-order valence-electron chi connectivity index (χ0n) is 3.92. The van der Waals surface area contributed by atoms with Gasteiger partial charge in [0.05, 0.1) is 9.50 Å². The second-order valence-corrected chi connectivity index (χ2v) is 4.67. The molecule has 50 valence electrons. The molecule has 5 heteroatoms. The molecule has 0 atom stereocenters. The molecule has 0 radical (unpaired) electrons. The van der Waals surface area contributed by atoms with Crippen molar-refractivity contribution in [2.24, 2.45) is 0 Å². The molecule has 0 nitrogen and oxygen atoms in total. The van der Waals surface area contributed by atoms with E-state index >= 15 is 0 Å². The van der Waals surface area contributed by atoms with Gasteiger partial charge in [0.1, 0.15) is 8.67 Å². The third-order valence-electron chi connectivity index (χ3n) is 0.717. The molecule has 0 saturated carbocycles. The van der Waals surface area contributed by atoms with Crippen LogP contribution in [0.4, 0.5) is 0 Å². The number of hydrogen-bond acceptors (Lipinski definition) is 1. The highest BCUT2D eigenvalue weighted by Crippen LogP contribution is 2.43. The molecule has 1 aromatic heterocycles. The zero-order chi connectivity index (χ0) is 7.02. The van der Waals surface area contributed by atoms with Gasteiger partial charge in [0.15, 0.2) is 0 Å². The quantitative estimate of drug-likeness (QED) is 0.650. The molecule has 1 aromatic rings. The summed E-state index contributed by atoms with van der Waals surface area (Å²) in [5, 5.41) is 0.492. The van der Waals surface area contributed by atoms with Gasteiger partial charge in [0, 0.05) is 0 Å². The maximum absolute atomic E-state index is 5.65. The van der Waals surface area contributed by atoms with Crippen molar-refractivity contribution in [2.45, 2.75) is 0 Å². The van der Waals surface area contributed by atoms with E-state index in [1.54, 1.807) is 0 Å². The Bertz CT molecular complexity index is 209. The fourth-order valence-electron chi connectivity index (χ4n) is 0.341. The molecular weight excluding hydrogens is 266 g/mol. The Balaban J connectivity index is 3.29. The first kappa shape index (κ1) is 8.15. The normalized spacial score (nSPS) is 10.2. The number of halogens is 4. The van der Waals surface area contributed by atoms with Crippen LogP contribution in [0.2, 0.25) is 13.7 Å². The van der Waals surface area contributed by atoms with Crippen LogP contribution in [0.25, 0.3) is 0 Å². The molecule has 0 fully saturated rings. The van der Waals surface area contributed by atoms with Crippen molar-refractivity contribution in [2.75, 3.05) is 0 Å². The zero-order valence-corrected chi connectivity index (χ0v) is 8.59. The molecule has 0 unspecified atom stereocenters. The minimum absolute atomic E-state index is 0.492. The smallest absolute Gasteiger partial charge is 0.109 e. The molecule has 1 heterocycles. The Kier molecular flexibility index (Phi) is 2.69. The molecule has 1 rings (SSSR count). The van der Waals surface area contributed by atoms with Crippen molar-refractivity contribution >= 4 is 62.1 Å². The summed E-state index contributed by atoms with van der Waals surface area (Å²) in [5.74, 6) is 0. The monoisotopic (exact) mass is 264 g/mol. The van der Waals surface area contributed by atoms with Gasteiger partial charge in [-0.25, -0.2) is 0 Å². The van der Waals surface area contributed by atoms with Crippen LogP contribution in [-0.2, 0) is 0 Å². The van der Waals surface area contributed by atoms with Crippen molar-refractivity contribution in [1.29, 1.82) is 0 Å². The molecule has 0 aliphatic heterocycles. The molecule has 0 spiro atoms. The largest absolute Gasteiger partial charge is 0.114 e. The van der Waals surface area contributed by atoms with Crippen LogP contribution >= 0.6 is 62.1 Å². The third-order valence-corrected chi connectivity index (χ3v) is 4.42. The lowest BCUT2D eigenvalue weighted by molar-refractivity contribution is 1.88. The van der Waals surface area contributed by atoms with Crippen LogP contribution in [-0.4, -0.2) is 0 Å². The first-order valence-corrected chi connectivity index (χ1v) is 4.66. The Morgan fingerprint density at radius 2 is 1.67 bits per heavy atom. The molecule has 0 amide bonds. The van der Waals surface area contributed by atoms with Crippen molar-refractivity contribution in [3.05, 3.63) is 18.2 Å². The van der Waals surface area contributed by atoms with Crippen LogP contribution < -0.4 is 0 Å². The second kappa shape index (κ2) is 2.97. The Morgan fingerprint density at radius 1 is 1.11 bits per heavy atom. The molecule has 9 heavy (non-hydrogen) atoms. The van der Waals surface area contributed by atoms with E-state index in [-0.39, 0.29) is 0 Å². The molecule has 0 aromatic carbocycles. The van der Waals surface area contributed by atoms with Gasteiger partial charge in [0.25, 0.3) is 0 Å². The predicted molar refractivity (Wildman–Crippen MR) is 47.0 cm³/mol. The molecule has 0 aliphatic rings. The lowest BCUT2D eigenvalue weighted by atomic mass is 10.7. The number of thiophene rings is 1. The summed E-state index contributed by atoms with van der Waals surface area (Å²) in [6.45, 7) is 0. The topological polar surface area (TPSA) is 0 Å². The van der Waals surface area contributed by atoms with Gasteiger partial charge in [-0.2, -0.15) is 0 Å². The van der Waals surface area contributed by atoms with Gasteiger partial charge in [-0.1, -0.05) is 34.8 Å². The van der Waals surface area contributed by atoms with E-state index in [9.17, 15) is 0 Å². The van der Waals surface area contributed by atoms with E-state index in [4.69, 9.17) is 34.8 Å². The molecule has 0 N–H and O–H groups in total. The van der Waals surface area contributed by atoms with E-state index in [0.717, 1.165) is 0 Å². The standard InChI is InChI=1S/C4BrCl3S/c5-1-2(6)4(8)9-3(1)7. The maximum Gasteiger partial charge on any atom is 0.114 e. The summed E-state index contributed by atoms with van der Waals surface area (Å²) >= 11 is 21.3.